The highest BCUT2D eigenvalue weighted by molar-refractivity contribution is 6.12. The van der Waals surface area contributed by atoms with Gasteiger partial charge in [-0.1, -0.05) is 140 Å². The van der Waals surface area contributed by atoms with Crippen molar-refractivity contribution in [1.29, 1.82) is 0 Å². The van der Waals surface area contributed by atoms with Gasteiger partial charge in [0.05, 0.1) is 33.5 Å². The maximum absolute atomic E-state index is 5.12. The van der Waals surface area contributed by atoms with Crippen LogP contribution in [0.15, 0.2) is 225 Å². The zero-order chi connectivity index (χ0) is 41.0. The van der Waals surface area contributed by atoms with Crippen LogP contribution in [-0.2, 0) is 0 Å². The number of hydrogen-bond donors (Lipinski definition) is 0. The van der Waals surface area contributed by atoms with E-state index in [-0.39, 0.29) is 0 Å². The molecule has 0 radical (unpaired) electrons. The summed E-state index contributed by atoms with van der Waals surface area (Å²) in [6.45, 7) is 0. The first kappa shape index (κ1) is 35.5. The van der Waals surface area contributed by atoms with Crippen molar-refractivity contribution in [3.05, 3.63) is 225 Å². The standard InChI is InChI=1S/C57H37N5/c1-3-12-41(13-4-1)57-59-51(39-23-21-38(22-24-39)44-14-11-33-58-37-44)36-52(60-57)40-25-29-46(30-26-40)62-54-20-10-8-18-48(54)50-35-43(28-32-56(50)62)42-27-31-55-49(34-42)47-17-7-9-19-53(47)61(55)45-15-5-2-6-16-45/h1-37H. The Hall–Kier alpha value is -8.41. The third kappa shape index (κ3) is 6.06. The SMILES string of the molecule is c1ccc(-c2nc(-c3ccc(-c4cccnc4)cc3)cc(-c3ccc(-n4c5ccccc5c5cc(-c6ccc7c(c6)c6ccccc6n7-c6ccccc6)ccc54)cc3)n2)cc1. The van der Waals surface area contributed by atoms with E-state index in [1.807, 2.05) is 30.5 Å². The smallest absolute Gasteiger partial charge is 0.160 e. The van der Waals surface area contributed by atoms with Crippen molar-refractivity contribution in [2.45, 2.75) is 0 Å². The molecule has 0 saturated carbocycles. The van der Waals surface area contributed by atoms with E-state index in [4.69, 9.17) is 9.97 Å². The number of pyridine rings is 1. The fourth-order valence-corrected chi connectivity index (χ4v) is 9.05. The van der Waals surface area contributed by atoms with E-state index in [2.05, 4.69) is 202 Å². The van der Waals surface area contributed by atoms with Gasteiger partial charge in [0.25, 0.3) is 0 Å². The number of rotatable bonds is 7. The summed E-state index contributed by atoms with van der Waals surface area (Å²) in [7, 11) is 0. The van der Waals surface area contributed by atoms with Crippen molar-refractivity contribution in [2.75, 3.05) is 0 Å². The number of aromatic nitrogens is 5. The third-order valence-electron chi connectivity index (χ3n) is 12.0. The predicted molar refractivity (Wildman–Crippen MR) is 256 cm³/mol. The number of nitrogens with zero attached hydrogens (tertiary/aromatic N) is 5. The molecule has 0 aliphatic heterocycles. The average molecular weight is 792 g/mol. The van der Waals surface area contributed by atoms with Gasteiger partial charge in [-0.2, -0.15) is 0 Å². The van der Waals surface area contributed by atoms with Crippen molar-refractivity contribution in [1.82, 2.24) is 24.1 Å². The van der Waals surface area contributed by atoms with Crippen molar-refractivity contribution in [2.24, 2.45) is 0 Å². The normalized spacial score (nSPS) is 11.5. The first-order valence-electron chi connectivity index (χ1n) is 20.9. The molecule has 12 rings (SSSR count). The van der Waals surface area contributed by atoms with E-state index in [1.165, 1.54) is 49.2 Å². The van der Waals surface area contributed by atoms with E-state index in [9.17, 15) is 0 Å². The summed E-state index contributed by atoms with van der Waals surface area (Å²) in [5.74, 6) is 0.692. The molecular weight excluding hydrogens is 755 g/mol. The summed E-state index contributed by atoms with van der Waals surface area (Å²) in [5, 5.41) is 4.93. The molecule has 5 nitrogen and oxygen atoms in total. The Bertz CT molecular complexity index is 3590. The fourth-order valence-electron chi connectivity index (χ4n) is 9.05. The molecule has 0 aliphatic rings. The molecule has 0 aliphatic carbocycles. The van der Waals surface area contributed by atoms with Crippen LogP contribution in [0.3, 0.4) is 0 Å². The van der Waals surface area contributed by atoms with Crippen molar-refractivity contribution >= 4 is 43.6 Å². The minimum atomic E-state index is 0.692. The van der Waals surface area contributed by atoms with Gasteiger partial charge in [-0.3, -0.25) is 4.98 Å². The topological polar surface area (TPSA) is 48.5 Å². The minimum absolute atomic E-state index is 0.692. The van der Waals surface area contributed by atoms with E-state index in [0.717, 1.165) is 56.1 Å². The first-order valence-corrected chi connectivity index (χ1v) is 20.9. The highest BCUT2D eigenvalue weighted by Gasteiger charge is 2.17. The van der Waals surface area contributed by atoms with Crippen LogP contribution in [0.2, 0.25) is 0 Å². The second-order valence-electron chi connectivity index (χ2n) is 15.7. The highest BCUT2D eigenvalue weighted by Crippen LogP contribution is 2.39. The average Bonchev–Trinajstić information content (AvgIpc) is 3.87. The molecule has 0 fully saturated rings. The van der Waals surface area contributed by atoms with Crippen LogP contribution in [0.5, 0.6) is 0 Å². The maximum Gasteiger partial charge on any atom is 0.160 e. The summed E-state index contributed by atoms with van der Waals surface area (Å²) in [5.41, 5.74) is 16.3. The van der Waals surface area contributed by atoms with Crippen LogP contribution in [0.25, 0.3) is 111 Å². The molecular formula is C57H37N5. The molecule has 0 saturated heterocycles. The van der Waals surface area contributed by atoms with Crippen LogP contribution >= 0.6 is 0 Å². The number of hydrogen-bond acceptors (Lipinski definition) is 3. The first-order chi connectivity index (χ1) is 30.7. The van der Waals surface area contributed by atoms with Gasteiger partial charge in [0.2, 0.25) is 0 Å². The summed E-state index contributed by atoms with van der Waals surface area (Å²) in [4.78, 5) is 14.5. The molecule has 12 aromatic rings. The Labute approximate surface area is 358 Å². The number of benzene rings is 8. The van der Waals surface area contributed by atoms with Gasteiger partial charge in [0.1, 0.15) is 0 Å². The Morgan fingerprint density at radius 2 is 0.742 bits per heavy atom. The number of fused-ring (bicyclic) bond motifs is 6. The van der Waals surface area contributed by atoms with E-state index < -0.39 is 0 Å². The second kappa shape index (κ2) is 14.7. The number of para-hydroxylation sites is 3. The molecule has 8 aromatic carbocycles. The van der Waals surface area contributed by atoms with Gasteiger partial charge >= 0.3 is 0 Å². The summed E-state index contributed by atoms with van der Waals surface area (Å²) in [6, 6.07) is 75.5. The van der Waals surface area contributed by atoms with Crippen LogP contribution in [-0.4, -0.2) is 24.1 Å². The van der Waals surface area contributed by atoms with E-state index >= 15 is 0 Å². The van der Waals surface area contributed by atoms with Crippen molar-refractivity contribution in [3.8, 4) is 67.5 Å². The van der Waals surface area contributed by atoms with Gasteiger partial charge in [-0.15, -0.1) is 0 Å². The lowest BCUT2D eigenvalue weighted by Gasteiger charge is -2.12. The molecule has 4 aromatic heterocycles. The maximum atomic E-state index is 5.12. The summed E-state index contributed by atoms with van der Waals surface area (Å²) >= 11 is 0. The third-order valence-corrected chi connectivity index (χ3v) is 12.0. The lowest BCUT2D eigenvalue weighted by Crippen LogP contribution is -1.97. The van der Waals surface area contributed by atoms with Crippen molar-refractivity contribution < 1.29 is 0 Å². The lowest BCUT2D eigenvalue weighted by atomic mass is 10.0. The summed E-state index contributed by atoms with van der Waals surface area (Å²) in [6.07, 6.45) is 3.69. The van der Waals surface area contributed by atoms with Gasteiger partial charge in [0, 0.05) is 62.0 Å². The molecule has 0 spiro atoms. The lowest BCUT2D eigenvalue weighted by molar-refractivity contribution is 1.17. The zero-order valence-electron chi connectivity index (χ0n) is 33.6. The monoisotopic (exact) mass is 791 g/mol. The Morgan fingerprint density at radius 1 is 0.290 bits per heavy atom. The zero-order valence-corrected chi connectivity index (χ0v) is 33.6. The van der Waals surface area contributed by atoms with Crippen LogP contribution in [0.4, 0.5) is 0 Å². The van der Waals surface area contributed by atoms with Gasteiger partial charge in [-0.25, -0.2) is 9.97 Å². The van der Waals surface area contributed by atoms with Gasteiger partial charge in [-0.05, 0) is 95.1 Å². The van der Waals surface area contributed by atoms with Gasteiger partial charge in [0.15, 0.2) is 5.82 Å². The Morgan fingerprint density at radius 3 is 1.31 bits per heavy atom. The predicted octanol–water partition coefficient (Wildman–Crippen LogP) is 14.4. The molecule has 4 heterocycles. The Kier molecular flexibility index (Phi) is 8.42. The molecule has 0 unspecified atom stereocenters. The second-order valence-corrected chi connectivity index (χ2v) is 15.7. The quantitative estimate of drug-likeness (QED) is 0.162. The van der Waals surface area contributed by atoms with Crippen LogP contribution in [0.1, 0.15) is 0 Å². The molecule has 5 heteroatoms. The fraction of sp³-hybridized carbons (Fsp3) is 0. The van der Waals surface area contributed by atoms with Crippen LogP contribution < -0.4 is 0 Å². The highest BCUT2D eigenvalue weighted by atomic mass is 15.0. The van der Waals surface area contributed by atoms with Gasteiger partial charge < -0.3 is 9.13 Å². The van der Waals surface area contributed by atoms with E-state index in [0.29, 0.717) is 5.82 Å². The summed E-state index contributed by atoms with van der Waals surface area (Å²) < 4.78 is 4.74. The molecule has 290 valence electrons. The Balaban J connectivity index is 0.930. The van der Waals surface area contributed by atoms with Crippen LogP contribution in [0, 0.1) is 0 Å². The van der Waals surface area contributed by atoms with Crippen molar-refractivity contribution in [3.63, 3.8) is 0 Å². The largest absolute Gasteiger partial charge is 0.309 e. The molecule has 0 N–H and O–H groups in total. The van der Waals surface area contributed by atoms with E-state index in [1.54, 1.807) is 6.20 Å². The molecule has 62 heavy (non-hydrogen) atoms. The molecule has 0 bridgehead atoms. The minimum Gasteiger partial charge on any atom is -0.309 e. The molecule has 0 atom stereocenters. The molecule has 0 amide bonds.